The molecule has 0 bridgehead atoms. The molecule has 0 aliphatic rings. The molecule has 0 unspecified atom stereocenters. The van der Waals surface area contributed by atoms with E-state index in [0.717, 1.165) is 55.2 Å². The van der Waals surface area contributed by atoms with E-state index in [2.05, 4.69) is 24.5 Å². The smallest absolute Gasteiger partial charge is 0.410 e. The zero-order valence-corrected chi connectivity index (χ0v) is 25.0. The third-order valence-corrected chi connectivity index (χ3v) is 7.19. The Morgan fingerprint density at radius 2 is 1.07 bits per heavy atom. The van der Waals surface area contributed by atoms with Crippen LogP contribution in [0.3, 0.4) is 0 Å². The minimum atomic E-state index is -0.612. The van der Waals surface area contributed by atoms with Gasteiger partial charge in [-0.1, -0.05) is 114 Å². The maximum absolute atomic E-state index is 13.0. The molecule has 0 spiro atoms. The molecule has 0 atom stereocenters. The van der Waals surface area contributed by atoms with Crippen LogP contribution in [0.4, 0.5) is 21.0 Å². The van der Waals surface area contributed by atoms with Gasteiger partial charge >= 0.3 is 12.2 Å². The Labute approximate surface area is 245 Å². The van der Waals surface area contributed by atoms with Gasteiger partial charge in [-0.05, 0) is 67.5 Å². The van der Waals surface area contributed by atoms with E-state index in [4.69, 9.17) is 9.47 Å². The Morgan fingerprint density at radius 3 is 1.61 bits per heavy atom. The lowest BCUT2D eigenvalue weighted by molar-refractivity contribution is 0.213. The summed E-state index contributed by atoms with van der Waals surface area (Å²) in [6.07, 6.45) is 12.3. The van der Waals surface area contributed by atoms with Gasteiger partial charge in [0, 0.05) is 0 Å². The van der Waals surface area contributed by atoms with Crippen LogP contribution in [0.15, 0.2) is 66.7 Å². The van der Waals surface area contributed by atoms with Crippen molar-refractivity contribution in [2.24, 2.45) is 0 Å². The molecule has 41 heavy (non-hydrogen) atoms. The summed E-state index contributed by atoms with van der Waals surface area (Å²) in [6.45, 7) is 6.27. The zero-order chi connectivity index (χ0) is 29.3. The van der Waals surface area contributed by atoms with E-state index in [1.165, 1.54) is 38.5 Å². The predicted molar refractivity (Wildman–Crippen MR) is 168 cm³/mol. The lowest BCUT2D eigenvalue weighted by Gasteiger charge is -2.16. The molecule has 0 heterocycles. The van der Waals surface area contributed by atoms with E-state index in [9.17, 15) is 9.59 Å². The normalized spacial score (nSPS) is 10.7. The quantitative estimate of drug-likeness (QED) is 0.171. The third kappa shape index (κ3) is 10.9. The molecule has 220 valence electrons. The van der Waals surface area contributed by atoms with Gasteiger partial charge in [0.15, 0.2) is 0 Å². The average Bonchev–Trinajstić information content (AvgIpc) is 2.96. The van der Waals surface area contributed by atoms with Crippen molar-refractivity contribution >= 4 is 23.6 Å². The van der Waals surface area contributed by atoms with Crippen molar-refractivity contribution in [1.29, 1.82) is 0 Å². The van der Waals surface area contributed by atoms with E-state index in [1.54, 1.807) is 6.07 Å². The second-order valence-electron chi connectivity index (χ2n) is 10.6. The first-order valence-electron chi connectivity index (χ1n) is 15.2. The molecule has 0 radical (unpaired) electrons. The molecule has 0 aliphatic carbocycles. The van der Waals surface area contributed by atoms with Crippen molar-refractivity contribution in [3.63, 3.8) is 0 Å². The molecule has 6 nitrogen and oxygen atoms in total. The van der Waals surface area contributed by atoms with Crippen molar-refractivity contribution in [3.05, 3.63) is 83.4 Å². The van der Waals surface area contributed by atoms with Crippen LogP contribution in [-0.4, -0.2) is 12.2 Å². The van der Waals surface area contributed by atoms with Crippen LogP contribution in [0.25, 0.3) is 0 Å². The molecule has 3 aromatic rings. The van der Waals surface area contributed by atoms with Gasteiger partial charge in [-0.2, -0.15) is 0 Å². The summed E-state index contributed by atoms with van der Waals surface area (Å²) in [7, 11) is 0. The van der Waals surface area contributed by atoms with Gasteiger partial charge in [0.05, 0.1) is 11.4 Å². The first-order valence-corrected chi connectivity index (χ1v) is 15.2. The maximum atomic E-state index is 13.0. The minimum absolute atomic E-state index is 0.438. The highest BCUT2D eigenvalue weighted by Gasteiger charge is 2.16. The number of carbonyl (C=O) groups is 2. The van der Waals surface area contributed by atoms with Crippen LogP contribution in [0.2, 0.25) is 0 Å². The van der Waals surface area contributed by atoms with Crippen LogP contribution in [0.5, 0.6) is 11.5 Å². The summed E-state index contributed by atoms with van der Waals surface area (Å²) in [5, 5.41) is 5.64. The number of nitrogens with one attached hydrogen (secondary N) is 2. The van der Waals surface area contributed by atoms with Gasteiger partial charge in [-0.3, -0.25) is 10.6 Å². The largest absolute Gasteiger partial charge is 0.417 e. The lowest BCUT2D eigenvalue weighted by atomic mass is 10.0. The fourth-order valence-corrected chi connectivity index (χ4v) is 4.86. The van der Waals surface area contributed by atoms with Crippen molar-refractivity contribution in [2.75, 3.05) is 10.6 Å². The molecule has 3 aromatic carbocycles. The molecular formula is C35H46N2O4. The summed E-state index contributed by atoms with van der Waals surface area (Å²) in [5.74, 6) is 1.10. The van der Waals surface area contributed by atoms with Gasteiger partial charge in [-0.15, -0.1) is 0 Å². The number of benzene rings is 3. The van der Waals surface area contributed by atoms with Crippen molar-refractivity contribution < 1.29 is 19.1 Å². The van der Waals surface area contributed by atoms with Gasteiger partial charge in [-0.25, -0.2) is 9.59 Å². The number of amides is 2. The summed E-state index contributed by atoms with van der Waals surface area (Å²) in [6, 6.07) is 20.7. The topological polar surface area (TPSA) is 76.7 Å². The molecule has 6 heteroatoms. The molecular weight excluding hydrogens is 512 g/mol. The van der Waals surface area contributed by atoms with Crippen molar-refractivity contribution in [3.8, 4) is 11.5 Å². The Morgan fingerprint density at radius 1 is 0.585 bits per heavy atom. The predicted octanol–water partition coefficient (Wildman–Crippen LogP) is 10.2. The first kappa shape index (κ1) is 31.7. The Bertz CT molecular complexity index is 1240. The van der Waals surface area contributed by atoms with E-state index in [-0.39, 0.29) is 0 Å². The number of para-hydroxylation sites is 3. The molecule has 3 rings (SSSR count). The number of anilines is 2. The number of carbonyl (C=O) groups excluding carboxylic acids is 2. The second-order valence-corrected chi connectivity index (χ2v) is 10.6. The zero-order valence-electron chi connectivity index (χ0n) is 25.0. The highest BCUT2D eigenvalue weighted by molar-refractivity contribution is 5.97. The summed E-state index contributed by atoms with van der Waals surface area (Å²) >= 11 is 0. The van der Waals surface area contributed by atoms with E-state index >= 15 is 0 Å². The number of rotatable bonds is 16. The van der Waals surface area contributed by atoms with Crippen LogP contribution in [0.1, 0.15) is 94.7 Å². The number of unbranched alkanes of at least 4 members (excludes halogenated alkanes) is 8. The van der Waals surface area contributed by atoms with E-state index < -0.39 is 12.2 Å². The molecule has 0 saturated heterocycles. The van der Waals surface area contributed by atoms with E-state index in [0.29, 0.717) is 22.9 Å². The van der Waals surface area contributed by atoms with Gasteiger partial charge in [0.25, 0.3) is 0 Å². The third-order valence-electron chi connectivity index (χ3n) is 7.19. The molecule has 0 aromatic heterocycles. The van der Waals surface area contributed by atoms with Gasteiger partial charge in [0.1, 0.15) is 11.5 Å². The number of hydrogen-bond acceptors (Lipinski definition) is 4. The molecule has 0 saturated carbocycles. The highest BCUT2D eigenvalue weighted by atomic mass is 16.6. The van der Waals surface area contributed by atoms with Crippen molar-refractivity contribution in [1.82, 2.24) is 0 Å². The van der Waals surface area contributed by atoms with Crippen LogP contribution in [-0.2, 0) is 12.8 Å². The maximum Gasteiger partial charge on any atom is 0.417 e. The number of aryl methyl sites for hydroxylation is 3. The summed E-state index contributed by atoms with van der Waals surface area (Å²) in [4.78, 5) is 25.9. The molecule has 2 amide bonds. The monoisotopic (exact) mass is 558 g/mol. The molecule has 0 fully saturated rings. The van der Waals surface area contributed by atoms with E-state index in [1.807, 2.05) is 67.6 Å². The fraction of sp³-hybridized carbons (Fsp3) is 0.429. The standard InChI is InChI=1S/C35H46N2O4/c1-4-6-8-10-12-20-28-22-14-16-25-31(28)40-34(38)36-30-24-18-19-27(3)33(30)37-35(39)41-32-26-17-15-23-29(32)21-13-11-9-7-5-2/h14-19,22-26H,4-13,20-21H2,1-3H3,(H,36,38)(H,37,39). The Hall–Kier alpha value is -3.80. The summed E-state index contributed by atoms with van der Waals surface area (Å²) < 4.78 is 11.4. The average molecular weight is 559 g/mol. The van der Waals surface area contributed by atoms with Crippen LogP contribution < -0.4 is 20.1 Å². The number of ether oxygens (including phenoxy) is 2. The van der Waals surface area contributed by atoms with Crippen LogP contribution in [0, 0.1) is 6.92 Å². The minimum Gasteiger partial charge on any atom is -0.410 e. The SMILES string of the molecule is CCCCCCCc1ccccc1OC(=O)Nc1cccc(C)c1NC(=O)Oc1ccccc1CCCCCCC. The van der Waals surface area contributed by atoms with Gasteiger partial charge in [0.2, 0.25) is 0 Å². The Balaban J connectivity index is 1.61. The van der Waals surface area contributed by atoms with Crippen LogP contribution >= 0.6 is 0 Å². The fourth-order valence-electron chi connectivity index (χ4n) is 4.86. The second kappa shape index (κ2) is 17.8. The summed E-state index contributed by atoms with van der Waals surface area (Å²) in [5.41, 5.74) is 3.71. The number of hydrogen-bond donors (Lipinski definition) is 2. The molecule has 2 N–H and O–H groups in total. The lowest BCUT2D eigenvalue weighted by Crippen LogP contribution is -2.22. The van der Waals surface area contributed by atoms with Gasteiger partial charge < -0.3 is 9.47 Å². The Kier molecular flexibility index (Phi) is 13.8. The molecule has 0 aliphatic heterocycles. The highest BCUT2D eigenvalue weighted by Crippen LogP contribution is 2.28. The van der Waals surface area contributed by atoms with Crippen molar-refractivity contribution in [2.45, 2.75) is 97.8 Å². The first-order chi connectivity index (χ1) is 20.0.